The summed E-state index contributed by atoms with van der Waals surface area (Å²) < 4.78 is 27.0. The number of nitrogens with two attached hydrogens (primary N) is 1. The van der Waals surface area contributed by atoms with E-state index >= 15 is 0 Å². The molecule has 7 heteroatoms. The number of carbonyl (C=O) groups is 1. The summed E-state index contributed by atoms with van der Waals surface area (Å²) in [6, 6.07) is 4.79. The summed E-state index contributed by atoms with van der Waals surface area (Å²) in [5, 5.41) is 3.22. The molecule has 1 aromatic carbocycles. The molecule has 0 amide bonds. The third-order valence-electron chi connectivity index (χ3n) is 3.18. The molecule has 4 N–H and O–H groups in total. The van der Waals surface area contributed by atoms with Crippen molar-refractivity contribution >= 4 is 15.8 Å². The van der Waals surface area contributed by atoms with Crippen molar-refractivity contribution in [3.63, 3.8) is 0 Å². The van der Waals surface area contributed by atoms with E-state index in [0.29, 0.717) is 30.1 Å². The van der Waals surface area contributed by atoms with Gasteiger partial charge in [-0.1, -0.05) is 13.8 Å². The molecule has 0 unspecified atom stereocenters. The maximum absolute atomic E-state index is 12.2. The van der Waals surface area contributed by atoms with Crippen molar-refractivity contribution in [2.75, 3.05) is 13.1 Å². The van der Waals surface area contributed by atoms with Gasteiger partial charge in [-0.15, -0.1) is 0 Å². The number of benzene rings is 1. The second kappa shape index (κ2) is 8.38. The number of hydrogen-bond acceptors (Lipinski definition) is 5. The maximum Gasteiger partial charge on any atom is 0.240 e. The molecule has 0 bridgehead atoms. The first-order chi connectivity index (χ1) is 10.3. The second-order valence-electron chi connectivity index (χ2n) is 5.44. The quantitative estimate of drug-likeness (QED) is 0.464. The largest absolute Gasteiger partial charge is 0.326 e. The molecular weight excluding hydrogens is 302 g/mol. The lowest BCUT2D eigenvalue weighted by atomic mass is 10.0. The molecule has 0 spiro atoms. The number of Topliss-reactive ketones (excluding diaryl/α,β-unsaturated/α-hetero) is 1. The van der Waals surface area contributed by atoms with Crippen molar-refractivity contribution in [3.05, 3.63) is 29.3 Å². The third-order valence-corrected chi connectivity index (χ3v) is 4.64. The molecule has 0 heterocycles. The SMILES string of the molecule is CC(=O)c1ccc(S(=O)(=O)NCCCNC(C)C)cc1CN. The zero-order valence-electron chi connectivity index (χ0n) is 13.3. The zero-order valence-corrected chi connectivity index (χ0v) is 14.2. The van der Waals surface area contributed by atoms with E-state index in [1.165, 1.54) is 25.1 Å². The number of rotatable bonds is 9. The Morgan fingerprint density at radius 1 is 1.27 bits per heavy atom. The first kappa shape index (κ1) is 18.8. The number of carbonyl (C=O) groups excluding carboxylic acids is 1. The van der Waals surface area contributed by atoms with Crippen LogP contribution in [0, 0.1) is 0 Å². The summed E-state index contributed by atoms with van der Waals surface area (Å²) >= 11 is 0. The Labute approximate surface area is 132 Å². The lowest BCUT2D eigenvalue weighted by molar-refractivity contribution is 0.101. The van der Waals surface area contributed by atoms with Crippen LogP contribution in [0.15, 0.2) is 23.1 Å². The van der Waals surface area contributed by atoms with Gasteiger partial charge in [-0.05, 0) is 43.7 Å². The Balaban J connectivity index is 2.75. The first-order valence-corrected chi connectivity index (χ1v) is 8.83. The van der Waals surface area contributed by atoms with Crippen molar-refractivity contribution in [1.29, 1.82) is 0 Å². The Hall–Kier alpha value is -1.28. The molecule has 1 rings (SSSR count). The molecule has 0 saturated carbocycles. The highest BCUT2D eigenvalue weighted by Crippen LogP contribution is 2.16. The van der Waals surface area contributed by atoms with E-state index in [4.69, 9.17) is 5.73 Å². The smallest absolute Gasteiger partial charge is 0.240 e. The van der Waals surface area contributed by atoms with Gasteiger partial charge in [0.2, 0.25) is 10.0 Å². The van der Waals surface area contributed by atoms with Crippen molar-refractivity contribution in [2.45, 2.75) is 44.7 Å². The lowest BCUT2D eigenvalue weighted by Crippen LogP contribution is -2.30. The van der Waals surface area contributed by atoms with Gasteiger partial charge in [0, 0.05) is 24.7 Å². The van der Waals surface area contributed by atoms with Crippen LogP contribution in [-0.4, -0.2) is 33.3 Å². The first-order valence-electron chi connectivity index (χ1n) is 7.35. The summed E-state index contributed by atoms with van der Waals surface area (Å²) in [7, 11) is -3.58. The minimum atomic E-state index is -3.58. The molecule has 6 nitrogen and oxygen atoms in total. The summed E-state index contributed by atoms with van der Waals surface area (Å²) in [4.78, 5) is 11.6. The van der Waals surface area contributed by atoms with E-state index in [0.717, 1.165) is 6.54 Å². The topological polar surface area (TPSA) is 101 Å². The fourth-order valence-corrected chi connectivity index (χ4v) is 3.14. The van der Waals surface area contributed by atoms with Crippen molar-refractivity contribution in [3.8, 4) is 0 Å². The Bertz CT molecular complexity index is 612. The lowest BCUT2D eigenvalue weighted by Gasteiger charge is -2.11. The van der Waals surface area contributed by atoms with Gasteiger partial charge < -0.3 is 11.1 Å². The molecule has 0 atom stereocenters. The molecule has 0 radical (unpaired) electrons. The number of sulfonamides is 1. The van der Waals surface area contributed by atoms with Crippen LogP contribution in [0.5, 0.6) is 0 Å². The van der Waals surface area contributed by atoms with E-state index in [2.05, 4.69) is 10.0 Å². The van der Waals surface area contributed by atoms with E-state index in [9.17, 15) is 13.2 Å². The predicted molar refractivity (Wildman–Crippen MR) is 87.3 cm³/mol. The highest BCUT2D eigenvalue weighted by molar-refractivity contribution is 7.89. The van der Waals surface area contributed by atoms with Crippen LogP contribution in [0.3, 0.4) is 0 Å². The molecule has 0 aliphatic carbocycles. The van der Waals surface area contributed by atoms with Gasteiger partial charge in [0.1, 0.15) is 0 Å². The van der Waals surface area contributed by atoms with Crippen LogP contribution < -0.4 is 15.8 Å². The van der Waals surface area contributed by atoms with Gasteiger partial charge in [0.25, 0.3) is 0 Å². The van der Waals surface area contributed by atoms with Gasteiger partial charge in [0.05, 0.1) is 4.90 Å². The standard InChI is InChI=1S/C15H25N3O3S/c1-11(2)17-7-4-8-18-22(20,21)14-5-6-15(12(3)19)13(9-14)10-16/h5-6,9,11,17-18H,4,7-8,10,16H2,1-3H3. The molecule has 0 aliphatic heterocycles. The molecule has 0 aromatic heterocycles. The monoisotopic (exact) mass is 327 g/mol. The Morgan fingerprint density at radius 2 is 1.95 bits per heavy atom. The summed E-state index contributed by atoms with van der Waals surface area (Å²) in [5.74, 6) is -0.128. The molecule has 1 aromatic rings. The Kier molecular flexibility index (Phi) is 7.15. The zero-order chi connectivity index (χ0) is 16.8. The molecule has 0 saturated heterocycles. The normalized spacial score (nSPS) is 11.9. The molecule has 0 aliphatic rings. The van der Waals surface area contributed by atoms with Crippen LogP contribution >= 0.6 is 0 Å². The van der Waals surface area contributed by atoms with Crippen LogP contribution in [0.25, 0.3) is 0 Å². The van der Waals surface area contributed by atoms with Gasteiger partial charge >= 0.3 is 0 Å². The van der Waals surface area contributed by atoms with Crippen molar-refractivity contribution in [2.24, 2.45) is 5.73 Å². The predicted octanol–water partition coefficient (Wildman–Crippen LogP) is 1.01. The van der Waals surface area contributed by atoms with Gasteiger partial charge in [-0.2, -0.15) is 0 Å². The second-order valence-corrected chi connectivity index (χ2v) is 7.21. The fourth-order valence-electron chi connectivity index (χ4n) is 2.02. The van der Waals surface area contributed by atoms with Gasteiger partial charge in [-0.3, -0.25) is 4.79 Å². The fraction of sp³-hybridized carbons (Fsp3) is 0.533. The van der Waals surface area contributed by atoms with Crippen LogP contribution in [0.4, 0.5) is 0 Å². The van der Waals surface area contributed by atoms with Gasteiger partial charge in [0.15, 0.2) is 5.78 Å². The highest BCUT2D eigenvalue weighted by atomic mass is 32.2. The summed E-state index contributed by atoms with van der Waals surface area (Å²) in [5.41, 5.74) is 6.59. The van der Waals surface area contributed by atoms with Crippen LogP contribution in [0.2, 0.25) is 0 Å². The van der Waals surface area contributed by atoms with E-state index in [1.54, 1.807) is 0 Å². The highest BCUT2D eigenvalue weighted by Gasteiger charge is 2.16. The third kappa shape index (κ3) is 5.49. The summed E-state index contributed by atoms with van der Waals surface area (Å²) in [6.45, 7) is 6.73. The van der Waals surface area contributed by atoms with E-state index in [-0.39, 0.29) is 17.2 Å². The average molecular weight is 327 g/mol. The van der Waals surface area contributed by atoms with E-state index < -0.39 is 10.0 Å². The number of ketones is 1. The molecular formula is C15H25N3O3S. The minimum Gasteiger partial charge on any atom is -0.326 e. The van der Waals surface area contributed by atoms with E-state index in [1.807, 2.05) is 13.8 Å². The van der Waals surface area contributed by atoms with Crippen LogP contribution in [0.1, 0.15) is 43.1 Å². The van der Waals surface area contributed by atoms with Crippen molar-refractivity contribution in [1.82, 2.24) is 10.0 Å². The van der Waals surface area contributed by atoms with Gasteiger partial charge in [-0.25, -0.2) is 13.1 Å². The average Bonchev–Trinajstić information content (AvgIpc) is 2.45. The van der Waals surface area contributed by atoms with Crippen molar-refractivity contribution < 1.29 is 13.2 Å². The maximum atomic E-state index is 12.2. The Morgan fingerprint density at radius 3 is 2.50 bits per heavy atom. The summed E-state index contributed by atoms with van der Waals surface area (Å²) in [6.07, 6.45) is 0.701. The molecule has 0 fully saturated rings. The minimum absolute atomic E-state index is 0.122. The van der Waals surface area contributed by atoms with Crippen LogP contribution in [-0.2, 0) is 16.6 Å². The molecule has 124 valence electrons. The molecule has 22 heavy (non-hydrogen) atoms. The number of hydrogen-bond donors (Lipinski definition) is 3. The number of nitrogens with one attached hydrogen (secondary N) is 2.